The normalized spacial score (nSPS) is 12.6. The van der Waals surface area contributed by atoms with Crippen molar-refractivity contribution >= 4 is 11.8 Å². The Kier molecular flexibility index (Phi) is 3.86. The maximum absolute atomic E-state index is 5.93. The first kappa shape index (κ1) is 12.2. The predicted molar refractivity (Wildman–Crippen MR) is 73.0 cm³/mol. The number of rotatable bonds is 4. The van der Waals surface area contributed by atoms with Gasteiger partial charge in [0.25, 0.3) is 0 Å². The highest BCUT2D eigenvalue weighted by atomic mass is 32.2. The fourth-order valence-corrected chi connectivity index (χ4v) is 2.04. The summed E-state index contributed by atoms with van der Waals surface area (Å²) in [4.78, 5) is 8.86. The summed E-state index contributed by atoms with van der Waals surface area (Å²) in [6, 6.07) is 8.41. The molecule has 1 atom stereocenters. The molecular weight excluding hydrogens is 230 g/mol. The molecule has 17 heavy (non-hydrogen) atoms. The molecule has 1 aromatic carbocycles. The van der Waals surface area contributed by atoms with E-state index in [1.54, 1.807) is 11.8 Å². The van der Waals surface area contributed by atoms with E-state index < -0.39 is 0 Å². The molecular formula is C13H17N3S. The highest BCUT2D eigenvalue weighted by Crippen LogP contribution is 2.22. The third-order valence-corrected chi connectivity index (χ3v) is 3.53. The number of hydrogen-bond acceptors (Lipinski definition) is 3. The number of H-pyrrole nitrogens is 1. The molecule has 0 aliphatic rings. The monoisotopic (exact) mass is 247 g/mol. The van der Waals surface area contributed by atoms with Crippen molar-refractivity contribution in [3.8, 4) is 11.3 Å². The lowest BCUT2D eigenvalue weighted by Gasteiger charge is -2.04. The van der Waals surface area contributed by atoms with Crippen LogP contribution in [0.2, 0.25) is 0 Å². The van der Waals surface area contributed by atoms with Crippen LogP contribution in [0.1, 0.15) is 25.2 Å². The van der Waals surface area contributed by atoms with Gasteiger partial charge in [-0.15, -0.1) is 11.8 Å². The second-order valence-electron chi connectivity index (χ2n) is 3.93. The van der Waals surface area contributed by atoms with E-state index in [1.807, 2.05) is 6.20 Å². The summed E-state index contributed by atoms with van der Waals surface area (Å²) in [7, 11) is 0. The smallest absolute Gasteiger partial charge is 0.123 e. The largest absolute Gasteiger partial charge is 0.341 e. The molecule has 2 rings (SSSR count). The zero-order chi connectivity index (χ0) is 12.3. The summed E-state index contributed by atoms with van der Waals surface area (Å²) < 4.78 is 0. The molecule has 4 heteroatoms. The molecule has 2 aromatic rings. The van der Waals surface area contributed by atoms with Gasteiger partial charge in [-0.2, -0.15) is 0 Å². The number of nitrogens with two attached hydrogens (primary N) is 1. The van der Waals surface area contributed by atoms with Gasteiger partial charge in [-0.1, -0.05) is 19.1 Å². The summed E-state index contributed by atoms with van der Waals surface area (Å²) in [5.74, 6) is 0.858. The zero-order valence-electron chi connectivity index (χ0n) is 10.1. The Morgan fingerprint density at radius 1 is 1.35 bits per heavy atom. The number of nitrogens with one attached hydrogen (secondary N) is 1. The second kappa shape index (κ2) is 5.38. The Morgan fingerprint density at radius 3 is 2.65 bits per heavy atom. The van der Waals surface area contributed by atoms with Gasteiger partial charge in [-0.3, -0.25) is 0 Å². The Balaban J connectivity index is 2.24. The van der Waals surface area contributed by atoms with Gasteiger partial charge >= 0.3 is 0 Å². The molecule has 0 unspecified atom stereocenters. The fourth-order valence-electron chi connectivity index (χ4n) is 1.64. The van der Waals surface area contributed by atoms with E-state index in [2.05, 4.69) is 47.4 Å². The van der Waals surface area contributed by atoms with E-state index in [0.717, 1.165) is 23.5 Å². The molecule has 0 fully saturated rings. The highest BCUT2D eigenvalue weighted by molar-refractivity contribution is 7.98. The molecule has 0 saturated heterocycles. The quantitative estimate of drug-likeness (QED) is 0.816. The first-order valence-electron chi connectivity index (χ1n) is 5.69. The van der Waals surface area contributed by atoms with Crippen LogP contribution in [-0.4, -0.2) is 16.2 Å². The van der Waals surface area contributed by atoms with Gasteiger partial charge < -0.3 is 10.7 Å². The molecule has 0 aliphatic heterocycles. The molecule has 3 nitrogen and oxygen atoms in total. The first-order valence-corrected chi connectivity index (χ1v) is 6.92. The molecule has 1 aromatic heterocycles. The van der Waals surface area contributed by atoms with Crippen LogP contribution >= 0.6 is 11.8 Å². The molecule has 3 N–H and O–H groups in total. The molecule has 0 aliphatic carbocycles. The van der Waals surface area contributed by atoms with E-state index in [1.165, 1.54) is 4.90 Å². The minimum Gasteiger partial charge on any atom is -0.341 e. The van der Waals surface area contributed by atoms with Crippen molar-refractivity contribution in [1.82, 2.24) is 9.97 Å². The van der Waals surface area contributed by atoms with Crippen molar-refractivity contribution in [2.45, 2.75) is 24.3 Å². The molecule has 0 radical (unpaired) electrons. The average Bonchev–Trinajstić information content (AvgIpc) is 2.87. The predicted octanol–water partition coefficient (Wildman–Crippen LogP) is 3.21. The Bertz CT molecular complexity index is 476. The van der Waals surface area contributed by atoms with Gasteiger partial charge in [0, 0.05) is 4.90 Å². The van der Waals surface area contributed by atoms with E-state index >= 15 is 0 Å². The molecule has 0 spiro atoms. The molecule has 0 amide bonds. The van der Waals surface area contributed by atoms with Crippen molar-refractivity contribution in [3.63, 3.8) is 0 Å². The van der Waals surface area contributed by atoms with Crippen LogP contribution in [0, 0.1) is 0 Å². The van der Waals surface area contributed by atoms with E-state index in [4.69, 9.17) is 5.73 Å². The molecule has 0 saturated carbocycles. The minimum atomic E-state index is -0.00535. The van der Waals surface area contributed by atoms with Gasteiger partial charge in [0.2, 0.25) is 0 Å². The van der Waals surface area contributed by atoms with Crippen LogP contribution in [0.3, 0.4) is 0 Å². The second-order valence-corrected chi connectivity index (χ2v) is 4.81. The lowest BCUT2D eigenvalue weighted by atomic mass is 10.2. The van der Waals surface area contributed by atoms with Crippen molar-refractivity contribution in [1.29, 1.82) is 0 Å². The summed E-state index contributed by atoms with van der Waals surface area (Å²) in [6.45, 7) is 2.06. The SMILES string of the molecule is CC[C@H](N)c1ncc(-c2ccc(SC)cc2)[nH]1. The Morgan fingerprint density at radius 2 is 2.06 bits per heavy atom. The lowest BCUT2D eigenvalue weighted by molar-refractivity contribution is 0.658. The topological polar surface area (TPSA) is 54.7 Å². The van der Waals surface area contributed by atoms with Crippen molar-refractivity contribution in [3.05, 3.63) is 36.3 Å². The maximum Gasteiger partial charge on any atom is 0.123 e. The van der Waals surface area contributed by atoms with Gasteiger partial charge in [0.15, 0.2) is 0 Å². The molecule has 1 heterocycles. The van der Waals surface area contributed by atoms with Gasteiger partial charge in [-0.25, -0.2) is 4.98 Å². The van der Waals surface area contributed by atoms with Gasteiger partial charge in [-0.05, 0) is 30.4 Å². The standard InChI is InChI=1S/C13H17N3S/c1-3-11(14)13-15-8-12(16-13)9-4-6-10(17-2)7-5-9/h4-8,11H,3,14H2,1-2H3,(H,15,16)/t11-/m0/s1. The van der Waals surface area contributed by atoms with Crippen LogP contribution in [-0.2, 0) is 0 Å². The highest BCUT2D eigenvalue weighted by Gasteiger charge is 2.08. The Hall–Kier alpha value is -1.26. The number of nitrogens with zero attached hydrogens (tertiary/aromatic N) is 1. The van der Waals surface area contributed by atoms with E-state index in [9.17, 15) is 0 Å². The number of benzene rings is 1. The number of aromatic amines is 1. The fraction of sp³-hybridized carbons (Fsp3) is 0.308. The molecule has 0 bridgehead atoms. The van der Waals surface area contributed by atoms with Crippen molar-refractivity contribution < 1.29 is 0 Å². The van der Waals surface area contributed by atoms with Crippen LogP contribution in [0.15, 0.2) is 35.4 Å². The van der Waals surface area contributed by atoms with Crippen LogP contribution in [0.4, 0.5) is 0 Å². The Labute approximate surface area is 106 Å². The van der Waals surface area contributed by atoms with Crippen LogP contribution in [0.25, 0.3) is 11.3 Å². The van der Waals surface area contributed by atoms with Crippen LogP contribution < -0.4 is 5.73 Å². The summed E-state index contributed by atoms with van der Waals surface area (Å²) in [5.41, 5.74) is 8.10. The van der Waals surface area contributed by atoms with Crippen LogP contribution in [0.5, 0.6) is 0 Å². The third-order valence-electron chi connectivity index (χ3n) is 2.79. The number of imidazole rings is 1. The maximum atomic E-state index is 5.93. The first-order chi connectivity index (χ1) is 8.24. The van der Waals surface area contributed by atoms with Gasteiger partial charge in [0.1, 0.15) is 5.82 Å². The summed E-state index contributed by atoms with van der Waals surface area (Å²) >= 11 is 1.74. The number of hydrogen-bond donors (Lipinski definition) is 2. The average molecular weight is 247 g/mol. The number of aromatic nitrogens is 2. The summed E-state index contributed by atoms with van der Waals surface area (Å²) in [6.07, 6.45) is 4.81. The lowest BCUT2D eigenvalue weighted by Crippen LogP contribution is -2.10. The van der Waals surface area contributed by atoms with Gasteiger partial charge in [0.05, 0.1) is 17.9 Å². The zero-order valence-corrected chi connectivity index (χ0v) is 10.9. The summed E-state index contributed by atoms with van der Waals surface area (Å²) in [5, 5.41) is 0. The minimum absolute atomic E-state index is 0.00535. The molecule has 90 valence electrons. The number of thioether (sulfide) groups is 1. The van der Waals surface area contributed by atoms with Crippen molar-refractivity contribution in [2.75, 3.05) is 6.26 Å². The van der Waals surface area contributed by atoms with E-state index in [-0.39, 0.29) is 6.04 Å². The van der Waals surface area contributed by atoms with E-state index in [0.29, 0.717) is 0 Å². The third kappa shape index (κ3) is 2.70. The van der Waals surface area contributed by atoms with Crippen molar-refractivity contribution in [2.24, 2.45) is 5.73 Å².